The first-order valence-electron chi connectivity index (χ1n) is 13.9. The summed E-state index contributed by atoms with van der Waals surface area (Å²) in [4.78, 5) is 2.42. The fraction of sp³-hybridized carbons (Fsp3) is 0.286. The molecule has 1 aliphatic carbocycles. The molecule has 0 amide bonds. The highest BCUT2D eigenvalue weighted by Crippen LogP contribution is 2.67. The van der Waals surface area contributed by atoms with Gasteiger partial charge in [0.25, 0.3) is 0 Å². The van der Waals surface area contributed by atoms with Gasteiger partial charge in [0, 0.05) is 24.2 Å². The summed E-state index contributed by atoms with van der Waals surface area (Å²) in [5.41, 5.74) is 10.9. The van der Waals surface area contributed by atoms with Crippen LogP contribution in [0.5, 0.6) is 0 Å². The van der Waals surface area contributed by atoms with E-state index < -0.39 is 5.79 Å². The van der Waals surface area contributed by atoms with Crippen LogP contribution in [0.3, 0.4) is 0 Å². The molecule has 4 nitrogen and oxygen atoms in total. The third kappa shape index (κ3) is 2.93. The summed E-state index contributed by atoms with van der Waals surface area (Å²) in [5.74, 6) is -1.35. The summed E-state index contributed by atoms with van der Waals surface area (Å²) in [7, 11) is 1.64. The molecule has 1 aromatic heterocycles. The van der Waals surface area contributed by atoms with Crippen molar-refractivity contribution in [3.63, 3.8) is 0 Å². The van der Waals surface area contributed by atoms with Crippen LogP contribution >= 0.6 is 0 Å². The summed E-state index contributed by atoms with van der Waals surface area (Å²) in [6.07, 6.45) is 0.966. The molecule has 39 heavy (non-hydrogen) atoms. The van der Waals surface area contributed by atoms with Gasteiger partial charge in [-0.15, -0.1) is 0 Å². The van der Waals surface area contributed by atoms with Gasteiger partial charge < -0.3 is 14.7 Å². The van der Waals surface area contributed by atoms with E-state index in [4.69, 9.17) is 4.74 Å². The monoisotopic (exact) mass is 513 g/mol. The lowest BCUT2D eigenvalue weighted by molar-refractivity contribution is -0.677. The van der Waals surface area contributed by atoms with Crippen LogP contribution in [-0.2, 0) is 11.2 Å². The van der Waals surface area contributed by atoms with Crippen molar-refractivity contribution >= 4 is 38.7 Å². The molecule has 5 aromatic rings. The number of hydrogen-bond donors (Lipinski definition) is 1. The molecule has 8 rings (SSSR count). The van der Waals surface area contributed by atoms with Crippen LogP contribution in [0.25, 0.3) is 32.9 Å². The number of anilines is 3. The number of nitrogens with zero attached hydrogens (tertiary/aromatic N) is 2. The van der Waals surface area contributed by atoms with E-state index in [1.807, 2.05) is 0 Å². The zero-order valence-electron chi connectivity index (χ0n) is 23.1. The number of aliphatic hydroxyl groups is 1. The molecule has 3 unspecified atom stereocenters. The number of rotatable bonds is 3. The largest absolute Gasteiger partial charge is 0.360 e. The Morgan fingerprint density at radius 3 is 2.44 bits per heavy atom. The van der Waals surface area contributed by atoms with Crippen molar-refractivity contribution in [3.8, 4) is 11.3 Å². The number of hydrogen-bond acceptors (Lipinski definition) is 3. The van der Waals surface area contributed by atoms with Crippen LogP contribution < -0.4 is 9.47 Å². The van der Waals surface area contributed by atoms with E-state index in [0.29, 0.717) is 0 Å². The highest BCUT2D eigenvalue weighted by molar-refractivity contribution is 6.15. The van der Waals surface area contributed by atoms with Crippen LogP contribution in [0.4, 0.5) is 17.1 Å². The SMILES string of the molecule is COC1(O)C2c3cc(C)c4cccc5c4c3-c3c(cc4c(CC(C)(C)C)cccc4[n+]3C21)N5c1ccccc1. The van der Waals surface area contributed by atoms with Crippen molar-refractivity contribution in [2.75, 3.05) is 12.0 Å². The van der Waals surface area contributed by atoms with Gasteiger partial charge in [-0.3, -0.25) is 0 Å². The lowest BCUT2D eigenvalue weighted by Gasteiger charge is -2.34. The van der Waals surface area contributed by atoms with Crippen molar-refractivity contribution in [2.45, 2.75) is 51.9 Å². The Morgan fingerprint density at radius 1 is 0.923 bits per heavy atom. The molecule has 0 saturated heterocycles. The Bertz CT molecular complexity index is 1850. The maximum absolute atomic E-state index is 11.9. The van der Waals surface area contributed by atoms with Crippen molar-refractivity contribution in [1.29, 1.82) is 0 Å². The highest BCUT2D eigenvalue weighted by atomic mass is 16.6. The molecule has 3 atom stereocenters. The van der Waals surface area contributed by atoms with Crippen LogP contribution in [-0.4, -0.2) is 18.0 Å². The van der Waals surface area contributed by atoms with E-state index in [-0.39, 0.29) is 17.4 Å². The van der Waals surface area contributed by atoms with Gasteiger partial charge in [-0.25, -0.2) is 0 Å². The maximum Gasteiger partial charge on any atom is 0.244 e. The number of ether oxygens (including phenoxy) is 1. The molecule has 4 heteroatoms. The lowest BCUT2D eigenvalue weighted by Crippen LogP contribution is -2.43. The van der Waals surface area contributed by atoms with Crippen LogP contribution in [0.1, 0.15) is 49.4 Å². The van der Waals surface area contributed by atoms with Gasteiger partial charge in [0.2, 0.25) is 23.0 Å². The second-order valence-electron chi connectivity index (χ2n) is 12.7. The predicted octanol–water partition coefficient (Wildman–Crippen LogP) is 7.61. The van der Waals surface area contributed by atoms with Crippen molar-refractivity contribution in [3.05, 3.63) is 95.6 Å². The van der Waals surface area contributed by atoms with Crippen LogP contribution in [0.2, 0.25) is 0 Å². The second kappa shape index (κ2) is 7.47. The minimum absolute atomic E-state index is 0.112. The molecule has 2 aliphatic heterocycles. The summed E-state index contributed by atoms with van der Waals surface area (Å²) in [6.45, 7) is 9.07. The Kier molecular flexibility index (Phi) is 4.44. The van der Waals surface area contributed by atoms with Crippen molar-refractivity contribution in [1.82, 2.24) is 0 Å². The number of fused-ring (bicyclic) bond motifs is 5. The number of benzene rings is 4. The standard InChI is InChI=1S/C35H33N2O2/c1-20-17-25-30-29-23(20)14-10-16-27(29)36(22-12-7-6-8-13-22)28-18-24-21(19-34(2,3)4)11-9-15-26(24)37(32(28)30)33-31(25)35(33,38)39-5/h6-18,31,33,38H,19H2,1-5H3/q+1. The average molecular weight is 514 g/mol. The second-order valence-corrected chi connectivity index (χ2v) is 12.7. The van der Waals surface area contributed by atoms with Gasteiger partial charge in [0.05, 0.1) is 16.6 Å². The number of aryl methyl sites for hydroxylation is 1. The molecule has 3 heterocycles. The fourth-order valence-corrected chi connectivity index (χ4v) is 7.50. The Hall–Kier alpha value is -3.73. The molecule has 1 saturated carbocycles. The third-order valence-corrected chi connectivity index (χ3v) is 9.05. The number of aromatic nitrogens is 1. The minimum Gasteiger partial charge on any atom is -0.360 e. The fourth-order valence-electron chi connectivity index (χ4n) is 7.50. The van der Waals surface area contributed by atoms with Gasteiger partial charge >= 0.3 is 0 Å². The van der Waals surface area contributed by atoms with Gasteiger partial charge in [-0.2, -0.15) is 4.57 Å². The molecule has 0 bridgehead atoms. The van der Waals surface area contributed by atoms with Gasteiger partial charge in [-0.05, 0) is 65.1 Å². The normalized spacial score (nSPS) is 22.4. The molecule has 1 N–H and O–H groups in total. The zero-order chi connectivity index (χ0) is 26.8. The average Bonchev–Trinajstić information content (AvgIpc) is 3.55. The number of pyridine rings is 1. The topological polar surface area (TPSA) is 36.6 Å². The molecule has 0 radical (unpaired) electrons. The van der Waals surface area contributed by atoms with Crippen molar-refractivity contribution in [2.24, 2.45) is 5.41 Å². The molecule has 194 valence electrons. The van der Waals surface area contributed by atoms with E-state index in [9.17, 15) is 5.11 Å². The van der Waals surface area contributed by atoms with Gasteiger partial charge in [0.1, 0.15) is 11.6 Å². The van der Waals surface area contributed by atoms with E-state index in [1.165, 1.54) is 49.8 Å². The van der Waals surface area contributed by atoms with E-state index in [0.717, 1.165) is 23.3 Å². The highest BCUT2D eigenvalue weighted by Gasteiger charge is 2.77. The quantitative estimate of drug-likeness (QED) is 0.195. The van der Waals surface area contributed by atoms with Crippen LogP contribution in [0.15, 0.2) is 78.9 Å². The molecule has 0 spiro atoms. The van der Waals surface area contributed by atoms with E-state index in [1.54, 1.807) is 7.11 Å². The first-order chi connectivity index (χ1) is 18.7. The maximum atomic E-state index is 11.9. The first kappa shape index (κ1) is 23.2. The first-order valence-corrected chi connectivity index (χ1v) is 13.9. The Labute approximate surface area is 229 Å². The summed E-state index contributed by atoms with van der Waals surface area (Å²) < 4.78 is 8.32. The van der Waals surface area contributed by atoms with Crippen molar-refractivity contribution < 1.29 is 14.4 Å². The summed E-state index contributed by atoms with van der Waals surface area (Å²) in [5, 5.41) is 15.7. The summed E-state index contributed by atoms with van der Waals surface area (Å²) >= 11 is 0. The minimum atomic E-state index is -1.24. The molecular weight excluding hydrogens is 480 g/mol. The molecule has 3 aliphatic rings. The van der Waals surface area contributed by atoms with Gasteiger partial charge in [-0.1, -0.05) is 69.3 Å². The van der Waals surface area contributed by atoms with Gasteiger partial charge in [0.15, 0.2) is 0 Å². The van der Waals surface area contributed by atoms with Crippen LogP contribution in [0, 0.1) is 12.3 Å². The number of para-hydroxylation sites is 1. The van der Waals surface area contributed by atoms with E-state index >= 15 is 0 Å². The Balaban J connectivity index is 1.59. The number of methoxy groups -OCH3 is 1. The lowest BCUT2D eigenvalue weighted by atomic mass is 9.83. The smallest absolute Gasteiger partial charge is 0.244 e. The molecule has 1 fully saturated rings. The summed E-state index contributed by atoms with van der Waals surface area (Å²) in [6, 6.07) is 28.5. The van der Waals surface area contributed by atoms with E-state index in [2.05, 4.69) is 116 Å². The molecule has 4 aromatic carbocycles. The third-order valence-electron chi connectivity index (χ3n) is 9.05. The zero-order valence-corrected chi connectivity index (χ0v) is 23.1. The Morgan fingerprint density at radius 2 is 1.69 bits per heavy atom. The predicted molar refractivity (Wildman–Crippen MR) is 157 cm³/mol. The molecular formula is C35H33N2O2+.